The van der Waals surface area contributed by atoms with Crippen LogP contribution in [0, 0.1) is 0 Å². The summed E-state index contributed by atoms with van der Waals surface area (Å²) in [5.74, 6) is 3.37. The second-order valence-electron chi connectivity index (χ2n) is 7.70. The van der Waals surface area contributed by atoms with Crippen LogP contribution in [-0.2, 0) is 12.8 Å². The number of fused-ring (bicyclic) bond motifs is 2. The molecule has 0 bridgehead atoms. The maximum absolute atomic E-state index is 9.80. The van der Waals surface area contributed by atoms with Gasteiger partial charge in [0.2, 0.25) is 12.5 Å². The molecular formula is C23H28N2O6. The molecule has 0 amide bonds. The molecule has 2 aromatic rings. The Morgan fingerprint density at radius 3 is 2.65 bits per heavy atom. The first-order chi connectivity index (χ1) is 15.1. The van der Waals surface area contributed by atoms with E-state index in [9.17, 15) is 5.21 Å². The minimum Gasteiger partial charge on any atom is -0.493 e. The van der Waals surface area contributed by atoms with Gasteiger partial charge in [-0.2, -0.15) is 0 Å². The molecule has 8 heteroatoms. The third-order valence-corrected chi connectivity index (χ3v) is 5.97. The van der Waals surface area contributed by atoms with Crippen LogP contribution >= 0.6 is 0 Å². The monoisotopic (exact) mass is 428 g/mol. The Hall–Kier alpha value is -3.13. The van der Waals surface area contributed by atoms with Crippen molar-refractivity contribution in [2.45, 2.75) is 25.3 Å². The van der Waals surface area contributed by atoms with Crippen LogP contribution in [0.4, 0.5) is 0 Å². The van der Waals surface area contributed by atoms with E-state index < -0.39 is 0 Å². The van der Waals surface area contributed by atoms with Crippen LogP contribution in [0.5, 0.6) is 28.7 Å². The maximum atomic E-state index is 9.80. The van der Waals surface area contributed by atoms with Crippen LogP contribution in [0.15, 0.2) is 29.4 Å². The van der Waals surface area contributed by atoms with Gasteiger partial charge in [0.1, 0.15) is 0 Å². The van der Waals surface area contributed by atoms with Crippen LogP contribution in [0.25, 0.3) is 0 Å². The molecule has 0 saturated heterocycles. The molecule has 8 nitrogen and oxygen atoms in total. The van der Waals surface area contributed by atoms with Crippen molar-refractivity contribution in [2.24, 2.45) is 5.16 Å². The number of rotatable bonds is 7. The smallest absolute Gasteiger partial charge is 0.231 e. The summed E-state index contributed by atoms with van der Waals surface area (Å²) in [5.41, 5.74) is 3.87. The van der Waals surface area contributed by atoms with Gasteiger partial charge in [-0.15, -0.1) is 0 Å². The van der Waals surface area contributed by atoms with Crippen molar-refractivity contribution in [1.29, 1.82) is 0 Å². The number of benzene rings is 2. The molecule has 1 N–H and O–H groups in total. The lowest BCUT2D eigenvalue weighted by Crippen LogP contribution is -2.34. The van der Waals surface area contributed by atoms with Gasteiger partial charge in [-0.1, -0.05) is 11.2 Å². The number of ether oxygens (including phenoxy) is 5. The van der Waals surface area contributed by atoms with Gasteiger partial charge >= 0.3 is 0 Å². The summed E-state index contributed by atoms with van der Waals surface area (Å²) in [6.07, 6.45) is 1.92. The molecule has 0 aromatic heterocycles. The molecule has 166 valence electrons. The molecule has 31 heavy (non-hydrogen) atoms. The van der Waals surface area contributed by atoms with Gasteiger partial charge in [0.05, 0.1) is 27.0 Å². The summed E-state index contributed by atoms with van der Waals surface area (Å²) in [7, 11) is 6.93. The van der Waals surface area contributed by atoms with Gasteiger partial charge in [0, 0.05) is 31.0 Å². The van der Waals surface area contributed by atoms with Gasteiger partial charge in [-0.25, -0.2) is 0 Å². The third-order valence-electron chi connectivity index (χ3n) is 5.97. The molecule has 0 radical (unpaired) electrons. The first-order valence-electron chi connectivity index (χ1n) is 10.2. The van der Waals surface area contributed by atoms with Gasteiger partial charge in [0.25, 0.3) is 0 Å². The molecule has 0 spiro atoms. The highest BCUT2D eigenvalue weighted by Gasteiger charge is 2.34. The Morgan fingerprint density at radius 2 is 1.94 bits per heavy atom. The van der Waals surface area contributed by atoms with E-state index in [1.54, 1.807) is 21.3 Å². The zero-order valence-electron chi connectivity index (χ0n) is 18.3. The fraction of sp³-hybridized carbons (Fsp3) is 0.435. The van der Waals surface area contributed by atoms with Crippen molar-refractivity contribution in [3.8, 4) is 28.7 Å². The molecule has 0 fully saturated rings. The van der Waals surface area contributed by atoms with Gasteiger partial charge in [0.15, 0.2) is 23.0 Å². The lowest BCUT2D eigenvalue weighted by molar-refractivity contribution is 0.170. The van der Waals surface area contributed by atoms with Gasteiger partial charge in [-0.3, -0.25) is 4.90 Å². The predicted octanol–water partition coefficient (Wildman–Crippen LogP) is 3.43. The molecule has 0 saturated carbocycles. The topological polar surface area (TPSA) is 82.0 Å². The maximum Gasteiger partial charge on any atom is 0.231 e. The lowest BCUT2D eigenvalue weighted by Gasteiger charge is -2.36. The third kappa shape index (κ3) is 3.95. The first kappa shape index (κ1) is 21.1. The van der Waals surface area contributed by atoms with E-state index >= 15 is 0 Å². The molecule has 2 aliphatic heterocycles. The highest BCUT2D eigenvalue weighted by Crippen LogP contribution is 2.50. The highest BCUT2D eigenvalue weighted by molar-refractivity contribution is 5.87. The van der Waals surface area contributed by atoms with Crippen LogP contribution in [0.3, 0.4) is 0 Å². The van der Waals surface area contributed by atoms with Crippen LogP contribution < -0.4 is 23.7 Å². The SMILES string of the molecule is COc1ccc(C/C(CC2c3c(cc4c(c3OC)OCO4)CCN2C)=N\O)cc1OC. The van der Waals surface area contributed by atoms with Crippen molar-refractivity contribution in [3.05, 3.63) is 41.0 Å². The molecule has 2 aliphatic rings. The fourth-order valence-corrected chi connectivity index (χ4v) is 4.38. The van der Waals surface area contributed by atoms with Crippen molar-refractivity contribution < 1.29 is 28.9 Å². The lowest BCUT2D eigenvalue weighted by atomic mass is 9.87. The molecule has 4 rings (SSSR count). The number of likely N-dealkylation sites (N-methyl/N-ethyl adjacent to an activating group) is 1. The van der Waals surface area contributed by atoms with E-state index in [2.05, 4.69) is 17.1 Å². The summed E-state index contributed by atoms with van der Waals surface area (Å²) in [5, 5.41) is 13.4. The summed E-state index contributed by atoms with van der Waals surface area (Å²) < 4.78 is 27.7. The fourth-order valence-electron chi connectivity index (χ4n) is 4.38. The zero-order valence-corrected chi connectivity index (χ0v) is 18.3. The Labute approximate surface area is 181 Å². The van der Waals surface area contributed by atoms with E-state index in [1.807, 2.05) is 24.3 Å². The Kier molecular flexibility index (Phi) is 6.08. The number of nitrogens with zero attached hydrogens (tertiary/aromatic N) is 2. The summed E-state index contributed by atoms with van der Waals surface area (Å²) in [6, 6.07) is 7.74. The average molecular weight is 428 g/mol. The Bertz CT molecular complexity index is 991. The second kappa shape index (κ2) is 8.93. The Morgan fingerprint density at radius 1 is 1.13 bits per heavy atom. The van der Waals surface area contributed by atoms with Gasteiger partial charge in [-0.05, 0) is 42.8 Å². The Balaban J connectivity index is 1.63. The second-order valence-corrected chi connectivity index (χ2v) is 7.70. The minimum absolute atomic E-state index is 0.0146. The molecule has 2 heterocycles. The van der Waals surface area contributed by atoms with E-state index in [0.29, 0.717) is 41.6 Å². The molecular weight excluding hydrogens is 400 g/mol. The molecule has 1 unspecified atom stereocenters. The normalized spacial score (nSPS) is 17.9. The van der Waals surface area contributed by atoms with E-state index in [-0.39, 0.29) is 12.8 Å². The molecule has 2 aromatic carbocycles. The number of oxime groups is 1. The standard InChI is InChI=1S/C23H28N2O6/c1-25-8-7-15-11-20-22(31-13-30-20)23(29-4)21(15)17(25)12-16(24-26)9-14-5-6-18(27-2)19(10-14)28-3/h5-6,10-11,17,26H,7-9,12-13H2,1-4H3/b24-16+. The van der Waals surface area contributed by atoms with Crippen molar-refractivity contribution >= 4 is 5.71 Å². The van der Waals surface area contributed by atoms with Crippen molar-refractivity contribution in [1.82, 2.24) is 4.90 Å². The zero-order chi connectivity index (χ0) is 22.0. The quantitative estimate of drug-likeness (QED) is 0.411. The number of hydrogen-bond acceptors (Lipinski definition) is 8. The summed E-state index contributed by atoms with van der Waals surface area (Å²) in [6.45, 7) is 1.08. The van der Waals surface area contributed by atoms with Gasteiger partial charge < -0.3 is 28.9 Å². The van der Waals surface area contributed by atoms with E-state index in [4.69, 9.17) is 23.7 Å². The first-order valence-corrected chi connectivity index (χ1v) is 10.2. The average Bonchev–Trinajstić information content (AvgIpc) is 3.26. The van der Waals surface area contributed by atoms with Crippen molar-refractivity contribution in [2.75, 3.05) is 41.7 Å². The number of hydrogen-bond donors (Lipinski definition) is 1. The minimum atomic E-state index is -0.0146. The number of methoxy groups -OCH3 is 3. The van der Waals surface area contributed by atoms with E-state index in [1.165, 1.54) is 5.56 Å². The summed E-state index contributed by atoms with van der Waals surface area (Å²) in [4.78, 5) is 2.26. The van der Waals surface area contributed by atoms with Crippen molar-refractivity contribution in [3.63, 3.8) is 0 Å². The predicted molar refractivity (Wildman–Crippen MR) is 115 cm³/mol. The van der Waals surface area contributed by atoms with Crippen LogP contribution in [-0.4, -0.2) is 57.5 Å². The summed E-state index contributed by atoms with van der Waals surface area (Å²) >= 11 is 0. The van der Waals surface area contributed by atoms with Crippen LogP contribution in [0.2, 0.25) is 0 Å². The van der Waals surface area contributed by atoms with Crippen LogP contribution in [0.1, 0.15) is 29.2 Å². The highest BCUT2D eigenvalue weighted by atomic mass is 16.7. The molecule has 1 atom stereocenters. The molecule has 0 aliphatic carbocycles. The van der Waals surface area contributed by atoms with E-state index in [0.717, 1.165) is 29.8 Å². The largest absolute Gasteiger partial charge is 0.493 e.